The number of aromatic amines is 2. The maximum Gasteiger partial charge on any atom is 0.273 e. The molecule has 6 heteroatoms. The molecule has 0 radical (unpaired) electrons. The fourth-order valence-electron chi connectivity index (χ4n) is 2.70. The van der Waals surface area contributed by atoms with E-state index in [1.54, 1.807) is 6.07 Å². The second-order valence-corrected chi connectivity index (χ2v) is 5.44. The number of anilines is 1. The summed E-state index contributed by atoms with van der Waals surface area (Å²) in [6.45, 7) is 1.15. The summed E-state index contributed by atoms with van der Waals surface area (Å²) in [5, 5.41) is 9.98. The van der Waals surface area contributed by atoms with Crippen molar-refractivity contribution in [2.24, 2.45) is 0 Å². The molecule has 3 heterocycles. The predicted octanol–water partition coefficient (Wildman–Crippen LogP) is 2.73. The van der Waals surface area contributed by atoms with E-state index in [4.69, 9.17) is 4.74 Å². The normalized spacial score (nSPS) is 13.6. The average Bonchev–Trinajstić information content (AvgIpc) is 3.24. The van der Waals surface area contributed by atoms with Crippen LogP contribution in [0, 0.1) is 0 Å². The lowest BCUT2D eigenvalue weighted by atomic mass is 10.1. The molecule has 3 aromatic rings. The van der Waals surface area contributed by atoms with Crippen LogP contribution in [0.3, 0.4) is 0 Å². The summed E-state index contributed by atoms with van der Waals surface area (Å²) >= 11 is 0. The van der Waals surface area contributed by atoms with Gasteiger partial charge in [0, 0.05) is 23.4 Å². The van der Waals surface area contributed by atoms with Gasteiger partial charge >= 0.3 is 0 Å². The molecule has 0 unspecified atom stereocenters. The van der Waals surface area contributed by atoms with E-state index in [0.717, 1.165) is 28.9 Å². The van der Waals surface area contributed by atoms with E-state index in [0.29, 0.717) is 24.7 Å². The van der Waals surface area contributed by atoms with Crippen LogP contribution in [0.4, 0.5) is 5.82 Å². The Hall–Kier alpha value is -2.86. The molecule has 0 spiro atoms. The van der Waals surface area contributed by atoms with Gasteiger partial charge < -0.3 is 15.0 Å². The van der Waals surface area contributed by atoms with Crippen LogP contribution in [0.5, 0.6) is 0 Å². The zero-order valence-corrected chi connectivity index (χ0v) is 12.4. The van der Waals surface area contributed by atoms with Crippen LogP contribution in [0.2, 0.25) is 0 Å². The van der Waals surface area contributed by atoms with Crippen molar-refractivity contribution >= 4 is 11.7 Å². The lowest BCUT2D eigenvalue weighted by molar-refractivity contribution is 0.101. The maximum atomic E-state index is 12.4. The van der Waals surface area contributed by atoms with Gasteiger partial charge in [-0.2, -0.15) is 5.10 Å². The first kappa shape index (κ1) is 13.8. The standard InChI is InChI=1S/C17H16N4O2/c22-17(19-16-12-10-23-9-8-14(12)20-21-16)15-7-6-13(18-15)11-4-2-1-3-5-11/h1-7,18H,8-10H2,(H2,19,20,21,22). The molecular formula is C17H16N4O2. The van der Waals surface area contributed by atoms with Gasteiger partial charge in [0.1, 0.15) is 5.69 Å². The van der Waals surface area contributed by atoms with Crippen molar-refractivity contribution in [2.45, 2.75) is 13.0 Å². The molecule has 0 fully saturated rings. The molecule has 0 atom stereocenters. The molecule has 0 saturated carbocycles. The number of rotatable bonds is 3. The van der Waals surface area contributed by atoms with Gasteiger partial charge in [0.25, 0.3) is 5.91 Å². The van der Waals surface area contributed by atoms with E-state index in [2.05, 4.69) is 20.5 Å². The third kappa shape index (κ3) is 2.64. The van der Waals surface area contributed by atoms with E-state index < -0.39 is 0 Å². The molecular weight excluding hydrogens is 292 g/mol. The van der Waals surface area contributed by atoms with Crippen molar-refractivity contribution in [1.82, 2.24) is 15.2 Å². The molecule has 0 bridgehead atoms. The van der Waals surface area contributed by atoms with Crippen LogP contribution < -0.4 is 5.32 Å². The number of hydrogen-bond acceptors (Lipinski definition) is 3. The Bertz CT molecular complexity index is 835. The molecule has 1 aliphatic heterocycles. The van der Waals surface area contributed by atoms with Gasteiger partial charge in [-0.15, -0.1) is 0 Å². The molecule has 1 aliphatic rings. The maximum absolute atomic E-state index is 12.4. The summed E-state index contributed by atoms with van der Waals surface area (Å²) in [5.74, 6) is 0.326. The Morgan fingerprint density at radius 2 is 2.04 bits per heavy atom. The van der Waals surface area contributed by atoms with Gasteiger partial charge in [0.2, 0.25) is 0 Å². The van der Waals surface area contributed by atoms with Crippen LogP contribution in [0.15, 0.2) is 42.5 Å². The molecule has 1 aromatic carbocycles. The van der Waals surface area contributed by atoms with Crippen molar-refractivity contribution in [3.8, 4) is 11.3 Å². The largest absolute Gasteiger partial charge is 0.376 e. The van der Waals surface area contributed by atoms with Crippen molar-refractivity contribution in [1.29, 1.82) is 0 Å². The molecule has 2 aromatic heterocycles. The number of carbonyl (C=O) groups is 1. The van der Waals surface area contributed by atoms with Crippen molar-refractivity contribution < 1.29 is 9.53 Å². The topological polar surface area (TPSA) is 82.8 Å². The minimum Gasteiger partial charge on any atom is -0.376 e. The number of nitrogens with zero attached hydrogens (tertiary/aromatic N) is 1. The first-order valence-corrected chi connectivity index (χ1v) is 7.51. The van der Waals surface area contributed by atoms with Crippen molar-refractivity contribution in [2.75, 3.05) is 11.9 Å². The van der Waals surface area contributed by atoms with Gasteiger partial charge in [-0.05, 0) is 17.7 Å². The number of nitrogens with one attached hydrogen (secondary N) is 3. The number of fused-ring (bicyclic) bond motifs is 1. The van der Waals surface area contributed by atoms with E-state index >= 15 is 0 Å². The smallest absolute Gasteiger partial charge is 0.273 e. The Morgan fingerprint density at radius 3 is 2.91 bits per heavy atom. The van der Waals surface area contributed by atoms with Crippen molar-refractivity contribution in [3.05, 3.63) is 59.4 Å². The second kappa shape index (κ2) is 5.73. The zero-order valence-electron chi connectivity index (χ0n) is 12.4. The number of H-pyrrole nitrogens is 2. The van der Waals surface area contributed by atoms with E-state index in [1.165, 1.54) is 0 Å². The number of benzene rings is 1. The highest BCUT2D eigenvalue weighted by Gasteiger charge is 2.19. The zero-order chi connectivity index (χ0) is 15.6. The Kier molecular flexibility index (Phi) is 3.44. The lowest BCUT2D eigenvalue weighted by Gasteiger charge is -2.12. The number of aromatic nitrogens is 3. The molecule has 3 N–H and O–H groups in total. The summed E-state index contributed by atoms with van der Waals surface area (Å²) in [4.78, 5) is 15.5. The quantitative estimate of drug-likeness (QED) is 0.695. The number of ether oxygens (including phenoxy) is 1. The highest BCUT2D eigenvalue weighted by Crippen LogP contribution is 2.23. The highest BCUT2D eigenvalue weighted by atomic mass is 16.5. The average molecular weight is 308 g/mol. The van der Waals surface area contributed by atoms with Crippen LogP contribution in [0.25, 0.3) is 11.3 Å². The lowest BCUT2D eigenvalue weighted by Crippen LogP contribution is -2.15. The summed E-state index contributed by atoms with van der Waals surface area (Å²) in [7, 11) is 0. The highest BCUT2D eigenvalue weighted by molar-refractivity contribution is 6.03. The molecule has 1 amide bonds. The molecule has 23 heavy (non-hydrogen) atoms. The second-order valence-electron chi connectivity index (χ2n) is 5.44. The number of carbonyl (C=O) groups excluding carboxylic acids is 1. The van der Waals surface area contributed by atoms with E-state index in [9.17, 15) is 4.79 Å². The van der Waals surface area contributed by atoms with E-state index in [1.807, 2.05) is 36.4 Å². The van der Waals surface area contributed by atoms with Gasteiger partial charge in [0.05, 0.1) is 13.2 Å². The summed E-state index contributed by atoms with van der Waals surface area (Å²) in [6, 6.07) is 13.5. The Labute approximate surface area is 132 Å². The molecule has 116 valence electrons. The minimum atomic E-state index is -0.216. The number of amides is 1. The Morgan fingerprint density at radius 1 is 1.17 bits per heavy atom. The monoisotopic (exact) mass is 308 g/mol. The van der Waals surface area contributed by atoms with Crippen LogP contribution in [-0.2, 0) is 17.8 Å². The van der Waals surface area contributed by atoms with Crippen LogP contribution >= 0.6 is 0 Å². The molecule has 0 aliphatic carbocycles. The van der Waals surface area contributed by atoms with Crippen LogP contribution in [-0.4, -0.2) is 27.7 Å². The van der Waals surface area contributed by atoms with Gasteiger partial charge in [-0.3, -0.25) is 9.89 Å². The number of hydrogen-bond donors (Lipinski definition) is 3. The minimum absolute atomic E-state index is 0.216. The summed E-state index contributed by atoms with van der Waals surface area (Å²) < 4.78 is 5.43. The fourth-order valence-corrected chi connectivity index (χ4v) is 2.70. The van der Waals surface area contributed by atoms with Crippen LogP contribution in [0.1, 0.15) is 21.7 Å². The Balaban J connectivity index is 1.54. The first-order valence-electron chi connectivity index (χ1n) is 7.51. The fraction of sp³-hybridized carbons (Fsp3) is 0.176. The third-order valence-corrected chi connectivity index (χ3v) is 3.94. The predicted molar refractivity (Wildman–Crippen MR) is 86.1 cm³/mol. The SMILES string of the molecule is O=C(Nc1n[nH]c2c1COCC2)c1ccc(-c2ccccc2)[nH]1. The van der Waals surface area contributed by atoms with Gasteiger partial charge in [-0.25, -0.2) is 0 Å². The van der Waals surface area contributed by atoms with Crippen molar-refractivity contribution in [3.63, 3.8) is 0 Å². The summed E-state index contributed by atoms with van der Waals surface area (Å²) in [5.41, 5.74) is 4.40. The van der Waals surface area contributed by atoms with Gasteiger partial charge in [0.15, 0.2) is 5.82 Å². The van der Waals surface area contributed by atoms with E-state index in [-0.39, 0.29) is 5.91 Å². The molecule has 6 nitrogen and oxygen atoms in total. The molecule has 0 saturated heterocycles. The first-order chi connectivity index (χ1) is 11.3. The molecule has 4 rings (SSSR count). The third-order valence-electron chi connectivity index (χ3n) is 3.94. The van der Waals surface area contributed by atoms with Gasteiger partial charge in [-0.1, -0.05) is 30.3 Å². The summed E-state index contributed by atoms with van der Waals surface area (Å²) in [6.07, 6.45) is 0.791.